The van der Waals surface area contributed by atoms with Gasteiger partial charge >= 0.3 is 5.97 Å². The molecular weight excluding hydrogens is 330 g/mol. The molecule has 0 aliphatic carbocycles. The van der Waals surface area contributed by atoms with Crippen LogP contribution in [0.15, 0.2) is 54.6 Å². The van der Waals surface area contributed by atoms with Gasteiger partial charge in [-0.05, 0) is 24.1 Å². The number of nitrogens with zero attached hydrogens (tertiary/aromatic N) is 2. The van der Waals surface area contributed by atoms with E-state index in [0.29, 0.717) is 18.1 Å². The molecule has 1 aromatic heterocycles. The number of ether oxygens (including phenoxy) is 1. The minimum absolute atomic E-state index is 0.0119. The van der Waals surface area contributed by atoms with Crippen LogP contribution in [0, 0.1) is 0 Å². The van der Waals surface area contributed by atoms with Gasteiger partial charge in [-0.2, -0.15) is 0 Å². The summed E-state index contributed by atoms with van der Waals surface area (Å²) in [5.41, 5.74) is 13.9. The number of esters is 1. The standard InChI is InChI=1S/C19H19N5O2/c20-18-13-8-4-5-9-14(13)21-17(22-18)11-26-19(25)16-10-15(23-24-16)12-6-2-1-3-7-12/h1-9,15-16,23-24H,10-11H2,(H2,20,21,22). The average molecular weight is 349 g/mol. The Balaban J connectivity index is 1.39. The Morgan fingerprint density at radius 3 is 2.69 bits per heavy atom. The molecule has 7 nitrogen and oxygen atoms in total. The molecule has 2 heterocycles. The van der Waals surface area contributed by atoms with Crippen LogP contribution in [0.5, 0.6) is 0 Å². The highest BCUT2D eigenvalue weighted by molar-refractivity contribution is 5.87. The van der Waals surface area contributed by atoms with E-state index in [2.05, 4.69) is 20.8 Å². The zero-order valence-corrected chi connectivity index (χ0v) is 14.1. The number of hydrogen-bond donors (Lipinski definition) is 3. The molecule has 0 bridgehead atoms. The van der Waals surface area contributed by atoms with Crippen molar-refractivity contribution >= 4 is 22.7 Å². The maximum Gasteiger partial charge on any atom is 0.325 e. The van der Waals surface area contributed by atoms with Crippen LogP contribution >= 0.6 is 0 Å². The number of hydrazine groups is 1. The number of benzene rings is 2. The predicted octanol–water partition coefficient (Wildman–Crippen LogP) is 1.86. The Bertz CT molecular complexity index is 932. The first-order valence-corrected chi connectivity index (χ1v) is 8.44. The van der Waals surface area contributed by atoms with Crippen LogP contribution in [-0.4, -0.2) is 22.0 Å². The van der Waals surface area contributed by atoms with E-state index in [9.17, 15) is 4.79 Å². The summed E-state index contributed by atoms with van der Waals surface area (Å²) in [6.45, 7) is -0.0119. The van der Waals surface area contributed by atoms with Crippen LogP contribution in [0.1, 0.15) is 23.9 Å². The lowest BCUT2D eigenvalue weighted by Gasteiger charge is -2.10. The number of carbonyl (C=O) groups is 1. The van der Waals surface area contributed by atoms with Gasteiger partial charge in [-0.3, -0.25) is 4.79 Å². The monoisotopic (exact) mass is 349 g/mol. The Labute approximate surface area is 150 Å². The first-order valence-electron chi connectivity index (χ1n) is 8.44. The van der Waals surface area contributed by atoms with Gasteiger partial charge in [-0.25, -0.2) is 20.8 Å². The van der Waals surface area contributed by atoms with Crippen molar-refractivity contribution in [2.45, 2.75) is 25.1 Å². The summed E-state index contributed by atoms with van der Waals surface area (Å²) in [4.78, 5) is 20.9. The number of carbonyl (C=O) groups excluding carboxylic acids is 1. The van der Waals surface area contributed by atoms with Crippen molar-refractivity contribution in [3.8, 4) is 0 Å². The Morgan fingerprint density at radius 1 is 1.08 bits per heavy atom. The highest BCUT2D eigenvalue weighted by atomic mass is 16.5. The van der Waals surface area contributed by atoms with E-state index in [4.69, 9.17) is 10.5 Å². The molecule has 4 rings (SSSR count). The van der Waals surface area contributed by atoms with Crippen molar-refractivity contribution in [3.05, 3.63) is 66.0 Å². The maximum absolute atomic E-state index is 12.3. The van der Waals surface area contributed by atoms with Crippen molar-refractivity contribution in [2.24, 2.45) is 0 Å². The second-order valence-corrected chi connectivity index (χ2v) is 6.19. The molecule has 2 unspecified atom stereocenters. The molecule has 4 N–H and O–H groups in total. The molecule has 0 radical (unpaired) electrons. The Morgan fingerprint density at radius 2 is 1.85 bits per heavy atom. The van der Waals surface area contributed by atoms with Crippen LogP contribution in [-0.2, 0) is 16.1 Å². The lowest BCUT2D eigenvalue weighted by molar-refractivity contribution is -0.147. The number of nitrogens with one attached hydrogen (secondary N) is 2. The van der Waals surface area contributed by atoms with Gasteiger partial charge in [0.1, 0.15) is 11.9 Å². The van der Waals surface area contributed by atoms with Crippen molar-refractivity contribution in [2.75, 3.05) is 5.73 Å². The van der Waals surface area contributed by atoms with E-state index in [1.54, 1.807) is 0 Å². The second kappa shape index (κ2) is 7.07. The fourth-order valence-corrected chi connectivity index (χ4v) is 3.07. The topological polar surface area (TPSA) is 102 Å². The number of hydrogen-bond acceptors (Lipinski definition) is 7. The van der Waals surface area contributed by atoms with E-state index in [0.717, 1.165) is 16.5 Å². The van der Waals surface area contributed by atoms with Gasteiger partial charge in [0.15, 0.2) is 12.4 Å². The van der Waals surface area contributed by atoms with E-state index in [-0.39, 0.29) is 18.6 Å². The fourth-order valence-electron chi connectivity index (χ4n) is 3.07. The quantitative estimate of drug-likeness (QED) is 0.618. The molecule has 1 aliphatic heterocycles. The fraction of sp³-hybridized carbons (Fsp3) is 0.211. The van der Waals surface area contributed by atoms with Crippen molar-refractivity contribution < 1.29 is 9.53 Å². The van der Waals surface area contributed by atoms with Crippen molar-refractivity contribution in [3.63, 3.8) is 0 Å². The predicted molar refractivity (Wildman–Crippen MR) is 97.6 cm³/mol. The molecule has 1 saturated heterocycles. The van der Waals surface area contributed by atoms with E-state index >= 15 is 0 Å². The summed E-state index contributed by atoms with van der Waals surface area (Å²) in [7, 11) is 0. The van der Waals surface area contributed by atoms with Gasteiger partial charge in [0.25, 0.3) is 0 Å². The average Bonchev–Trinajstić information content (AvgIpc) is 3.17. The van der Waals surface area contributed by atoms with Crippen LogP contribution in [0.25, 0.3) is 10.9 Å². The third-order valence-electron chi connectivity index (χ3n) is 4.41. The first-order chi connectivity index (χ1) is 12.7. The van der Waals surface area contributed by atoms with Crippen LogP contribution in [0.4, 0.5) is 5.82 Å². The third-order valence-corrected chi connectivity index (χ3v) is 4.41. The van der Waals surface area contributed by atoms with E-state index < -0.39 is 6.04 Å². The summed E-state index contributed by atoms with van der Waals surface area (Å²) in [5.74, 6) is 0.429. The first kappa shape index (κ1) is 16.4. The van der Waals surface area contributed by atoms with Gasteiger partial charge in [-0.1, -0.05) is 42.5 Å². The summed E-state index contributed by atoms with van der Waals surface area (Å²) in [6.07, 6.45) is 0.615. The molecule has 132 valence electrons. The minimum atomic E-state index is -0.419. The number of aromatic nitrogens is 2. The molecule has 2 aromatic carbocycles. The van der Waals surface area contributed by atoms with Gasteiger partial charge in [-0.15, -0.1) is 0 Å². The molecule has 2 atom stereocenters. The van der Waals surface area contributed by atoms with Gasteiger partial charge in [0, 0.05) is 11.4 Å². The Hall–Kier alpha value is -3.03. The maximum atomic E-state index is 12.3. The number of nitrogens with two attached hydrogens (primary N) is 1. The normalized spacial score (nSPS) is 19.5. The molecule has 0 saturated carbocycles. The lowest BCUT2D eigenvalue weighted by Crippen LogP contribution is -2.37. The van der Waals surface area contributed by atoms with Gasteiger partial charge in [0.2, 0.25) is 0 Å². The second-order valence-electron chi connectivity index (χ2n) is 6.19. The number of fused-ring (bicyclic) bond motifs is 1. The summed E-state index contributed by atoms with van der Waals surface area (Å²) < 4.78 is 5.38. The highest BCUT2D eigenvalue weighted by Gasteiger charge is 2.31. The highest BCUT2D eigenvalue weighted by Crippen LogP contribution is 2.23. The molecule has 7 heteroatoms. The van der Waals surface area contributed by atoms with E-state index in [1.807, 2.05) is 54.6 Å². The molecule has 26 heavy (non-hydrogen) atoms. The number of nitrogen functional groups attached to an aromatic ring is 1. The van der Waals surface area contributed by atoms with E-state index in [1.165, 1.54) is 0 Å². The summed E-state index contributed by atoms with van der Waals surface area (Å²) in [5, 5.41) is 0.787. The van der Waals surface area contributed by atoms with Crippen LogP contribution < -0.4 is 16.6 Å². The number of para-hydroxylation sites is 1. The molecule has 0 amide bonds. The Kier molecular flexibility index (Phi) is 4.47. The molecule has 3 aromatic rings. The molecular formula is C19H19N5O2. The van der Waals surface area contributed by atoms with Gasteiger partial charge in [0.05, 0.1) is 5.52 Å². The molecule has 1 aliphatic rings. The summed E-state index contributed by atoms with van der Waals surface area (Å²) >= 11 is 0. The lowest BCUT2D eigenvalue weighted by atomic mass is 10.0. The van der Waals surface area contributed by atoms with Crippen molar-refractivity contribution in [1.29, 1.82) is 0 Å². The van der Waals surface area contributed by atoms with Crippen LogP contribution in [0.2, 0.25) is 0 Å². The molecule has 1 fully saturated rings. The smallest absolute Gasteiger partial charge is 0.325 e. The van der Waals surface area contributed by atoms with Gasteiger partial charge < -0.3 is 10.5 Å². The molecule has 0 spiro atoms. The third kappa shape index (κ3) is 3.35. The number of rotatable bonds is 4. The largest absolute Gasteiger partial charge is 0.456 e. The summed E-state index contributed by atoms with van der Waals surface area (Å²) in [6, 6.07) is 17.1. The van der Waals surface area contributed by atoms with Crippen LogP contribution in [0.3, 0.4) is 0 Å². The zero-order chi connectivity index (χ0) is 17.9. The van der Waals surface area contributed by atoms with Crippen molar-refractivity contribution in [1.82, 2.24) is 20.8 Å². The SMILES string of the molecule is Nc1nc(COC(=O)C2CC(c3ccccc3)NN2)nc2ccccc12. The number of anilines is 1. The minimum Gasteiger partial charge on any atom is -0.456 e. The zero-order valence-electron chi connectivity index (χ0n) is 14.1.